The van der Waals surface area contributed by atoms with Gasteiger partial charge in [0.15, 0.2) is 0 Å². The maximum Gasteiger partial charge on any atom is 0.288 e. The van der Waals surface area contributed by atoms with E-state index in [0.717, 1.165) is 25.1 Å². The smallest absolute Gasteiger partial charge is 0.288 e. The molecule has 0 atom stereocenters. The first-order valence-electron chi connectivity index (χ1n) is 6.35. The average molecular weight is 313 g/mol. The lowest BCUT2D eigenvalue weighted by molar-refractivity contribution is -0.385. The predicted octanol–water partition coefficient (Wildman–Crippen LogP) is 0.995. The highest BCUT2D eigenvalue weighted by Gasteiger charge is 2.21. The van der Waals surface area contributed by atoms with Gasteiger partial charge in [0.2, 0.25) is 5.91 Å². The zero-order valence-corrected chi connectivity index (χ0v) is 11.8. The minimum Gasteiger partial charge on any atom is -0.343 e. The summed E-state index contributed by atoms with van der Waals surface area (Å²) in [6.45, 7) is 1.21. The molecule has 112 valence electrons. The molecule has 0 spiro atoms. The summed E-state index contributed by atoms with van der Waals surface area (Å²) in [5, 5.41) is 12.9. The normalized spacial score (nSPS) is 14.0. The van der Waals surface area contributed by atoms with E-state index in [1.165, 1.54) is 0 Å². The van der Waals surface area contributed by atoms with Crippen LogP contribution in [-0.2, 0) is 4.79 Å². The molecule has 0 saturated carbocycles. The number of pyridine rings is 1. The van der Waals surface area contributed by atoms with Gasteiger partial charge < -0.3 is 10.2 Å². The van der Waals surface area contributed by atoms with E-state index in [9.17, 15) is 19.7 Å². The van der Waals surface area contributed by atoms with Crippen LogP contribution in [0.2, 0.25) is 5.15 Å². The van der Waals surface area contributed by atoms with Crippen LogP contribution in [-0.4, -0.2) is 46.3 Å². The van der Waals surface area contributed by atoms with Gasteiger partial charge in [0.05, 0.1) is 17.0 Å². The molecular weight excluding hydrogens is 300 g/mol. The van der Waals surface area contributed by atoms with Crippen LogP contribution < -0.4 is 5.32 Å². The highest BCUT2D eigenvalue weighted by atomic mass is 35.5. The third-order valence-electron chi connectivity index (χ3n) is 3.14. The van der Waals surface area contributed by atoms with Crippen LogP contribution in [0.4, 0.5) is 5.69 Å². The van der Waals surface area contributed by atoms with E-state index in [0.29, 0.717) is 13.1 Å². The largest absolute Gasteiger partial charge is 0.343 e. The molecule has 0 radical (unpaired) electrons. The summed E-state index contributed by atoms with van der Waals surface area (Å²) in [4.78, 5) is 39.0. The van der Waals surface area contributed by atoms with Crippen molar-refractivity contribution in [2.75, 3.05) is 19.6 Å². The van der Waals surface area contributed by atoms with Gasteiger partial charge in [-0.2, -0.15) is 0 Å². The van der Waals surface area contributed by atoms with Crippen molar-refractivity contribution in [3.63, 3.8) is 0 Å². The molecule has 1 N–H and O–H groups in total. The number of carbonyl (C=O) groups excluding carboxylic acids is 2. The van der Waals surface area contributed by atoms with Crippen LogP contribution in [0.3, 0.4) is 0 Å². The molecule has 1 aromatic heterocycles. The fourth-order valence-electron chi connectivity index (χ4n) is 2.03. The van der Waals surface area contributed by atoms with Gasteiger partial charge in [0, 0.05) is 19.2 Å². The van der Waals surface area contributed by atoms with E-state index in [4.69, 9.17) is 11.6 Å². The van der Waals surface area contributed by atoms with Crippen molar-refractivity contribution in [1.29, 1.82) is 0 Å². The van der Waals surface area contributed by atoms with Crippen molar-refractivity contribution in [2.45, 2.75) is 12.8 Å². The Hall–Kier alpha value is -2.22. The molecule has 0 unspecified atom stereocenters. The highest BCUT2D eigenvalue weighted by Crippen LogP contribution is 2.18. The van der Waals surface area contributed by atoms with Gasteiger partial charge in [0.25, 0.3) is 11.6 Å². The predicted molar refractivity (Wildman–Crippen MR) is 74.0 cm³/mol. The van der Waals surface area contributed by atoms with E-state index in [2.05, 4.69) is 10.3 Å². The first-order chi connectivity index (χ1) is 9.99. The zero-order chi connectivity index (χ0) is 15.4. The lowest BCUT2D eigenvalue weighted by atomic mass is 10.2. The molecule has 2 amide bonds. The molecule has 2 heterocycles. The van der Waals surface area contributed by atoms with Crippen LogP contribution in [0.25, 0.3) is 0 Å². The molecule has 0 bridgehead atoms. The van der Waals surface area contributed by atoms with Crippen molar-refractivity contribution in [2.24, 2.45) is 0 Å². The second-order valence-electron chi connectivity index (χ2n) is 4.56. The van der Waals surface area contributed by atoms with E-state index >= 15 is 0 Å². The van der Waals surface area contributed by atoms with Crippen molar-refractivity contribution >= 4 is 29.1 Å². The lowest BCUT2D eigenvalue weighted by Gasteiger charge is -2.15. The third-order valence-corrected chi connectivity index (χ3v) is 3.44. The quantitative estimate of drug-likeness (QED) is 0.507. The second-order valence-corrected chi connectivity index (χ2v) is 4.92. The summed E-state index contributed by atoms with van der Waals surface area (Å²) in [5.41, 5.74) is -0.462. The molecule has 2 rings (SSSR count). The number of hydrogen-bond donors (Lipinski definition) is 1. The van der Waals surface area contributed by atoms with Crippen LogP contribution in [0.5, 0.6) is 0 Å². The number of rotatable bonds is 4. The van der Waals surface area contributed by atoms with Gasteiger partial charge in [-0.25, -0.2) is 4.98 Å². The summed E-state index contributed by atoms with van der Waals surface area (Å²) in [6, 6.07) is 1.03. The van der Waals surface area contributed by atoms with Crippen molar-refractivity contribution in [3.8, 4) is 0 Å². The molecule has 21 heavy (non-hydrogen) atoms. The standard InChI is InChI=1S/C12H13ClN4O4/c13-11-9(5-8(6-14-11)17(20)21)12(19)15-7-10(18)16-3-1-2-4-16/h5-6H,1-4,7H2,(H,15,19). The molecule has 0 aromatic carbocycles. The molecule has 1 fully saturated rings. The van der Waals surface area contributed by atoms with Gasteiger partial charge in [-0.05, 0) is 12.8 Å². The Morgan fingerprint density at radius 1 is 1.43 bits per heavy atom. The minimum absolute atomic E-state index is 0.125. The van der Waals surface area contributed by atoms with Crippen LogP contribution in [0.1, 0.15) is 23.2 Å². The molecule has 0 aliphatic carbocycles. The Kier molecular flexibility index (Phi) is 4.69. The van der Waals surface area contributed by atoms with E-state index in [-0.39, 0.29) is 28.9 Å². The molecule has 1 aliphatic heterocycles. The summed E-state index contributed by atoms with van der Waals surface area (Å²) in [5.74, 6) is -0.848. The number of nitrogens with one attached hydrogen (secondary N) is 1. The van der Waals surface area contributed by atoms with Gasteiger partial charge in [0.1, 0.15) is 11.3 Å². The summed E-state index contributed by atoms with van der Waals surface area (Å²) in [7, 11) is 0. The van der Waals surface area contributed by atoms with Crippen LogP contribution >= 0.6 is 11.6 Å². The number of aromatic nitrogens is 1. The number of carbonyl (C=O) groups is 2. The average Bonchev–Trinajstić information content (AvgIpc) is 2.98. The third kappa shape index (κ3) is 3.66. The number of hydrogen-bond acceptors (Lipinski definition) is 5. The van der Waals surface area contributed by atoms with Crippen molar-refractivity contribution in [1.82, 2.24) is 15.2 Å². The molecule has 9 heteroatoms. The van der Waals surface area contributed by atoms with Gasteiger partial charge in [-0.1, -0.05) is 11.6 Å². The monoisotopic (exact) mass is 312 g/mol. The Morgan fingerprint density at radius 2 is 2.10 bits per heavy atom. The Balaban J connectivity index is 2.01. The maximum atomic E-state index is 11.9. The number of nitro groups is 1. The first kappa shape index (κ1) is 15.2. The fraction of sp³-hybridized carbons (Fsp3) is 0.417. The number of likely N-dealkylation sites (tertiary alicyclic amines) is 1. The first-order valence-corrected chi connectivity index (χ1v) is 6.72. The Bertz CT molecular complexity index is 587. The van der Waals surface area contributed by atoms with Crippen molar-refractivity contribution < 1.29 is 14.5 Å². The van der Waals surface area contributed by atoms with Crippen molar-refractivity contribution in [3.05, 3.63) is 33.1 Å². The molecule has 1 aliphatic rings. The van der Waals surface area contributed by atoms with Crippen LogP contribution in [0, 0.1) is 10.1 Å². The molecular formula is C12H13ClN4O4. The number of amides is 2. The van der Waals surface area contributed by atoms with Crippen LogP contribution in [0.15, 0.2) is 12.3 Å². The van der Waals surface area contributed by atoms with E-state index in [1.807, 2.05) is 0 Å². The van der Waals surface area contributed by atoms with Gasteiger partial charge >= 0.3 is 0 Å². The SMILES string of the molecule is O=C(NCC(=O)N1CCCC1)c1cc([N+](=O)[O-])cnc1Cl. The Morgan fingerprint density at radius 3 is 2.71 bits per heavy atom. The summed E-state index contributed by atoms with van der Waals surface area (Å²) < 4.78 is 0. The molecule has 1 saturated heterocycles. The number of nitrogens with zero attached hydrogens (tertiary/aromatic N) is 3. The summed E-state index contributed by atoms with van der Waals surface area (Å²) >= 11 is 5.75. The highest BCUT2D eigenvalue weighted by molar-refractivity contribution is 6.32. The lowest BCUT2D eigenvalue weighted by Crippen LogP contribution is -2.38. The number of halogens is 1. The second kappa shape index (κ2) is 6.49. The fourth-order valence-corrected chi connectivity index (χ4v) is 2.21. The minimum atomic E-state index is -0.671. The zero-order valence-electron chi connectivity index (χ0n) is 11.0. The van der Waals surface area contributed by atoms with Gasteiger partial charge in [-0.3, -0.25) is 19.7 Å². The summed E-state index contributed by atoms with van der Waals surface area (Å²) in [6.07, 6.45) is 2.88. The molecule has 1 aromatic rings. The van der Waals surface area contributed by atoms with E-state index < -0.39 is 10.8 Å². The Labute approximate surface area is 125 Å². The topological polar surface area (TPSA) is 105 Å². The molecule has 8 nitrogen and oxygen atoms in total. The van der Waals surface area contributed by atoms with E-state index in [1.54, 1.807) is 4.90 Å². The van der Waals surface area contributed by atoms with Gasteiger partial charge in [-0.15, -0.1) is 0 Å². The maximum absolute atomic E-state index is 11.9.